The van der Waals surface area contributed by atoms with Gasteiger partial charge in [-0.15, -0.1) is 0 Å². The Bertz CT molecular complexity index is 328. The Morgan fingerprint density at radius 2 is 1.94 bits per heavy atom. The molecule has 3 heteroatoms. The van der Waals surface area contributed by atoms with Crippen molar-refractivity contribution in [1.82, 2.24) is 10.3 Å². The lowest BCUT2D eigenvalue weighted by Gasteiger charge is -2.16. The summed E-state index contributed by atoms with van der Waals surface area (Å²) in [5, 5.41) is 4.08. The zero-order valence-electron chi connectivity index (χ0n) is 11.6. The first-order chi connectivity index (χ1) is 8.79. The third-order valence-corrected chi connectivity index (χ3v) is 3.63. The molecule has 1 aromatic rings. The van der Waals surface area contributed by atoms with E-state index >= 15 is 0 Å². The summed E-state index contributed by atoms with van der Waals surface area (Å²) < 4.78 is 0. The zero-order chi connectivity index (χ0) is 13.2. The molecule has 0 aliphatic heterocycles. The fourth-order valence-electron chi connectivity index (χ4n) is 2.20. The van der Waals surface area contributed by atoms with Crippen LogP contribution in [0.2, 0.25) is 5.02 Å². The molecule has 18 heavy (non-hydrogen) atoms. The van der Waals surface area contributed by atoms with Crippen molar-refractivity contribution in [2.45, 2.75) is 57.9 Å². The minimum absolute atomic E-state index is 0.282. The molecule has 0 amide bonds. The van der Waals surface area contributed by atoms with Crippen LogP contribution in [0.25, 0.3) is 0 Å². The summed E-state index contributed by atoms with van der Waals surface area (Å²) in [6.45, 7) is 2.25. The average Bonchev–Trinajstić information content (AvgIpc) is 2.39. The van der Waals surface area contributed by atoms with Gasteiger partial charge in [0.05, 0.1) is 16.8 Å². The van der Waals surface area contributed by atoms with Crippen LogP contribution >= 0.6 is 11.6 Å². The lowest BCUT2D eigenvalue weighted by Crippen LogP contribution is -2.18. The summed E-state index contributed by atoms with van der Waals surface area (Å²) in [7, 11) is 1.98. The molecular formula is C15H25ClN2. The second-order valence-corrected chi connectivity index (χ2v) is 5.18. The Labute approximate surface area is 116 Å². The highest BCUT2D eigenvalue weighted by Gasteiger charge is 2.13. The first-order valence-corrected chi connectivity index (χ1v) is 7.45. The molecule has 1 aromatic heterocycles. The zero-order valence-corrected chi connectivity index (χ0v) is 12.3. The Hall–Kier alpha value is -0.600. The van der Waals surface area contributed by atoms with Gasteiger partial charge in [-0.2, -0.15) is 0 Å². The second-order valence-electron chi connectivity index (χ2n) is 4.77. The molecule has 0 aliphatic carbocycles. The largest absolute Gasteiger partial charge is 0.312 e. The van der Waals surface area contributed by atoms with Crippen LogP contribution in [-0.2, 0) is 0 Å². The predicted molar refractivity (Wildman–Crippen MR) is 79.0 cm³/mol. The van der Waals surface area contributed by atoms with Crippen molar-refractivity contribution >= 4 is 11.6 Å². The first-order valence-electron chi connectivity index (χ1n) is 7.07. The molecule has 1 rings (SSSR count). The van der Waals surface area contributed by atoms with Crippen LogP contribution in [0.4, 0.5) is 0 Å². The molecule has 1 heterocycles. The van der Waals surface area contributed by atoms with E-state index in [1.54, 1.807) is 0 Å². The molecule has 1 N–H and O–H groups in total. The first kappa shape index (κ1) is 15.5. The maximum atomic E-state index is 6.18. The molecule has 1 atom stereocenters. The summed E-state index contributed by atoms with van der Waals surface area (Å²) >= 11 is 6.18. The highest BCUT2D eigenvalue weighted by molar-refractivity contribution is 6.31. The summed E-state index contributed by atoms with van der Waals surface area (Å²) in [6, 6.07) is 4.07. The Morgan fingerprint density at radius 3 is 2.61 bits per heavy atom. The molecule has 102 valence electrons. The van der Waals surface area contributed by atoms with Crippen LogP contribution in [0.15, 0.2) is 18.3 Å². The van der Waals surface area contributed by atoms with Crippen molar-refractivity contribution in [2.24, 2.45) is 0 Å². The van der Waals surface area contributed by atoms with E-state index in [4.69, 9.17) is 11.6 Å². The second kappa shape index (κ2) is 9.35. The predicted octanol–water partition coefficient (Wildman–Crippen LogP) is 4.75. The van der Waals surface area contributed by atoms with Gasteiger partial charge in [-0.25, -0.2) is 0 Å². The van der Waals surface area contributed by atoms with Gasteiger partial charge in [-0.1, -0.05) is 57.0 Å². The standard InChI is InChI=1S/C15H25ClN2/c1-3-4-5-6-7-8-11-14(17-2)15-13(16)10-9-12-18-15/h9-10,12,14,17H,3-8,11H2,1-2H3. The van der Waals surface area contributed by atoms with E-state index in [1.165, 1.54) is 38.5 Å². The smallest absolute Gasteiger partial charge is 0.0758 e. The van der Waals surface area contributed by atoms with Crippen LogP contribution in [0.5, 0.6) is 0 Å². The quantitative estimate of drug-likeness (QED) is 0.654. The highest BCUT2D eigenvalue weighted by Crippen LogP contribution is 2.24. The number of rotatable bonds is 9. The van der Waals surface area contributed by atoms with Gasteiger partial charge < -0.3 is 5.32 Å². The Morgan fingerprint density at radius 1 is 1.22 bits per heavy atom. The lowest BCUT2D eigenvalue weighted by molar-refractivity contribution is 0.489. The van der Waals surface area contributed by atoms with E-state index in [1.807, 2.05) is 25.4 Å². The van der Waals surface area contributed by atoms with Crippen LogP contribution < -0.4 is 5.32 Å². The van der Waals surface area contributed by atoms with Crippen LogP contribution in [-0.4, -0.2) is 12.0 Å². The maximum absolute atomic E-state index is 6.18. The molecule has 0 radical (unpaired) electrons. The fraction of sp³-hybridized carbons (Fsp3) is 0.667. The van der Waals surface area contributed by atoms with Crippen LogP contribution in [0.3, 0.4) is 0 Å². The SMILES string of the molecule is CCCCCCCCC(NC)c1ncccc1Cl. The molecule has 0 saturated heterocycles. The minimum atomic E-state index is 0.282. The molecule has 0 aliphatic rings. The van der Waals surface area contributed by atoms with Crippen LogP contribution in [0.1, 0.15) is 63.6 Å². The number of unbranched alkanes of at least 4 members (excludes halogenated alkanes) is 5. The Balaban J connectivity index is 2.32. The number of aromatic nitrogens is 1. The average molecular weight is 269 g/mol. The van der Waals surface area contributed by atoms with E-state index in [-0.39, 0.29) is 6.04 Å². The molecule has 0 saturated carbocycles. The number of pyridine rings is 1. The Kier molecular flexibility index (Phi) is 8.03. The van der Waals surface area contributed by atoms with E-state index in [0.717, 1.165) is 17.1 Å². The third kappa shape index (κ3) is 5.36. The molecule has 1 unspecified atom stereocenters. The monoisotopic (exact) mass is 268 g/mol. The molecule has 0 spiro atoms. The number of nitrogens with one attached hydrogen (secondary N) is 1. The summed E-state index contributed by atoms with van der Waals surface area (Å²) in [6.07, 6.45) is 10.9. The molecule has 0 fully saturated rings. The van der Waals surface area contributed by atoms with E-state index in [0.29, 0.717) is 0 Å². The summed E-state index contributed by atoms with van der Waals surface area (Å²) in [5.74, 6) is 0. The van der Waals surface area contributed by atoms with Gasteiger partial charge >= 0.3 is 0 Å². The van der Waals surface area contributed by atoms with Gasteiger partial charge in [0.2, 0.25) is 0 Å². The van der Waals surface area contributed by atoms with Crippen molar-refractivity contribution in [2.75, 3.05) is 7.05 Å². The highest BCUT2D eigenvalue weighted by atomic mass is 35.5. The van der Waals surface area contributed by atoms with Crippen molar-refractivity contribution in [3.8, 4) is 0 Å². The van der Waals surface area contributed by atoms with Crippen molar-refractivity contribution in [3.05, 3.63) is 29.0 Å². The molecule has 0 bridgehead atoms. The van der Waals surface area contributed by atoms with Gasteiger partial charge in [0.25, 0.3) is 0 Å². The number of halogens is 1. The van der Waals surface area contributed by atoms with Gasteiger partial charge in [0.1, 0.15) is 0 Å². The third-order valence-electron chi connectivity index (χ3n) is 3.31. The molecule has 0 aromatic carbocycles. The topological polar surface area (TPSA) is 24.9 Å². The normalized spacial score (nSPS) is 12.6. The van der Waals surface area contributed by atoms with Gasteiger partial charge in [-0.05, 0) is 25.6 Å². The minimum Gasteiger partial charge on any atom is -0.312 e. The fourth-order valence-corrected chi connectivity index (χ4v) is 2.45. The summed E-state index contributed by atoms with van der Waals surface area (Å²) in [5.41, 5.74) is 0.982. The summed E-state index contributed by atoms with van der Waals surface area (Å²) in [4.78, 5) is 4.38. The van der Waals surface area contributed by atoms with Crippen molar-refractivity contribution in [3.63, 3.8) is 0 Å². The maximum Gasteiger partial charge on any atom is 0.0758 e. The van der Waals surface area contributed by atoms with E-state index < -0.39 is 0 Å². The molecule has 2 nitrogen and oxygen atoms in total. The van der Waals surface area contributed by atoms with E-state index in [2.05, 4.69) is 17.2 Å². The number of nitrogens with zero attached hydrogens (tertiary/aromatic N) is 1. The van der Waals surface area contributed by atoms with Gasteiger partial charge in [-0.3, -0.25) is 4.98 Å². The van der Waals surface area contributed by atoms with Crippen molar-refractivity contribution in [1.29, 1.82) is 0 Å². The van der Waals surface area contributed by atoms with Crippen molar-refractivity contribution < 1.29 is 0 Å². The number of hydrogen-bond donors (Lipinski definition) is 1. The van der Waals surface area contributed by atoms with Gasteiger partial charge in [0, 0.05) is 6.20 Å². The van der Waals surface area contributed by atoms with Gasteiger partial charge in [0.15, 0.2) is 0 Å². The lowest BCUT2D eigenvalue weighted by atomic mass is 10.0. The number of hydrogen-bond acceptors (Lipinski definition) is 2. The van der Waals surface area contributed by atoms with Crippen LogP contribution in [0, 0.1) is 0 Å². The molecular weight excluding hydrogens is 244 g/mol. The van der Waals surface area contributed by atoms with E-state index in [9.17, 15) is 0 Å².